The van der Waals surface area contributed by atoms with Crippen LogP contribution in [0.1, 0.15) is 33.3 Å². The summed E-state index contributed by atoms with van der Waals surface area (Å²) in [5.41, 5.74) is -4.95. The van der Waals surface area contributed by atoms with Crippen molar-refractivity contribution < 1.29 is 31.8 Å². The average Bonchev–Trinajstić information content (AvgIpc) is 2.48. The van der Waals surface area contributed by atoms with Gasteiger partial charge in [-0.3, -0.25) is 10.1 Å². The van der Waals surface area contributed by atoms with Gasteiger partial charge in [0.2, 0.25) is 0 Å². The average molecular weight is 386 g/mol. The molecule has 0 saturated carbocycles. The Morgan fingerprint density at radius 3 is 2.16 bits per heavy atom. The molecule has 0 heterocycles. The van der Waals surface area contributed by atoms with Gasteiger partial charge in [0, 0.05) is 11.6 Å². The molecule has 1 aromatic rings. The fraction of sp³-hybridized carbons (Fsp3) is 0.571. The van der Waals surface area contributed by atoms with Crippen molar-refractivity contribution in [2.75, 3.05) is 6.61 Å². The van der Waals surface area contributed by atoms with E-state index in [0.29, 0.717) is 13.0 Å². The van der Waals surface area contributed by atoms with Gasteiger partial charge in [0.25, 0.3) is 11.6 Å². The van der Waals surface area contributed by atoms with Crippen LogP contribution in [0.25, 0.3) is 0 Å². The molecule has 0 radical (unpaired) electrons. The van der Waals surface area contributed by atoms with E-state index in [9.17, 15) is 31.9 Å². The fourth-order valence-corrected chi connectivity index (χ4v) is 2.80. The SMILES string of the molecule is CC(C)(C)[S@@](=O)N[C@](C)(c1cc([N+](=O)[O-])cc(F)c1F)C(F)(F)CO. The molecule has 0 aliphatic carbocycles. The topological polar surface area (TPSA) is 92.5 Å². The lowest BCUT2D eigenvalue weighted by Crippen LogP contribution is -2.58. The number of nitro groups is 1. The van der Waals surface area contributed by atoms with E-state index in [1.165, 1.54) is 20.8 Å². The first-order valence-corrected chi connectivity index (χ1v) is 8.14. The van der Waals surface area contributed by atoms with Crippen LogP contribution in [0.3, 0.4) is 0 Å². The summed E-state index contributed by atoms with van der Waals surface area (Å²) in [5.74, 6) is -7.59. The lowest BCUT2D eigenvalue weighted by Gasteiger charge is -2.38. The van der Waals surface area contributed by atoms with Crippen molar-refractivity contribution in [3.05, 3.63) is 39.4 Å². The zero-order valence-corrected chi connectivity index (χ0v) is 14.7. The Morgan fingerprint density at radius 2 is 1.76 bits per heavy atom. The molecule has 1 aromatic carbocycles. The van der Waals surface area contributed by atoms with Crippen LogP contribution in [0.4, 0.5) is 23.2 Å². The van der Waals surface area contributed by atoms with Crippen LogP contribution in [-0.2, 0) is 16.5 Å². The Hall–Kier alpha value is -1.59. The van der Waals surface area contributed by atoms with E-state index in [2.05, 4.69) is 0 Å². The molecular formula is C14H18F4N2O4S. The highest BCUT2D eigenvalue weighted by molar-refractivity contribution is 7.84. The number of nitrogens with zero attached hydrogens (tertiary/aromatic N) is 1. The quantitative estimate of drug-likeness (QED) is 0.447. The first-order chi connectivity index (χ1) is 11.2. The van der Waals surface area contributed by atoms with Crippen LogP contribution in [0.2, 0.25) is 0 Å². The minimum absolute atomic E-state index is 0.247. The van der Waals surface area contributed by atoms with Gasteiger partial charge in [-0.2, -0.15) is 0 Å². The zero-order valence-electron chi connectivity index (χ0n) is 13.9. The van der Waals surface area contributed by atoms with E-state index in [1.807, 2.05) is 4.72 Å². The molecule has 0 fully saturated rings. The molecule has 0 spiro atoms. The number of aliphatic hydroxyl groups is 1. The minimum atomic E-state index is -4.11. The molecule has 25 heavy (non-hydrogen) atoms. The highest BCUT2D eigenvalue weighted by Crippen LogP contribution is 2.41. The molecule has 0 aliphatic heterocycles. The molecule has 142 valence electrons. The summed E-state index contributed by atoms with van der Waals surface area (Å²) in [6, 6.07) is 0.673. The number of hydrogen-bond acceptors (Lipinski definition) is 4. The third kappa shape index (κ3) is 4.15. The van der Waals surface area contributed by atoms with Gasteiger partial charge in [0.1, 0.15) is 12.1 Å². The zero-order chi connectivity index (χ0) is 19.8. The third-order valence-corrected chi connectivity index (χ3v) is 5.25. The summed E-state index contributed by atoms with van der Waals surface area (Å²) in [4.78, 5) is 9.76. The molecule has 1 rings (SSSR count). The predicted octanol–water partition coefficient (Wildman–Crippen LogP) is 2.77. The Labute approximate surface area is 144 Å². The first-order valence-electron chi connectivity index (χ1n) is 6.99. The highest BCUT2D eigenvalue weighted by Gasteiger charge is 2.54. The summed E-state index contributed by atoms with van der Waals surface area (Å²) in [7, 11) is -2.19. The van der Waals surface area contributed by atoms with E-state index in [-0.39, 0.29) is 6.07 Å². The normalized spacial score (nSPS) is 16.4. The van der Waals surface area contributed by atoms with Crippen LogP contribution in [0.5, 0.6) is 0 Å². The molecule has 0 aromatic heterocycles. The van der Waals surface area contributed by atoms with E-state index < -0.39 is 61.6 Å². The second-order valence-electron chi connectivity index (χ2n) is 6.52. The van der Waals surface area contributed by atoms with Gasteiger partial charge in [0.05, 0.1) is 26.7 Å². The number of aliphatic hydroxyl groups excluding tert-OH is 1. The Kier molecular flexibility index (Phi) is 5.97. The fourth-order valence-electron chi connectivity index (χ4n) is 1.87. The molecule has 6 nitrogen and oxygen atoms in total. The van der Waals surface area contributed by atoms with Crippen LogP contribution < -0.4 is 4.72 Å². The standard InChI is InChI=1S/C14H18F4N2O4S/c1-12(2,3)25(24)19-13(4,14(17,18)7-21)9-5-8(20(22)23)6-10(15)11(9)16/h5-6,19,21H,7H2,1-4H3/t13-,25-/m1/s1. The smallest absolute Gasteiger partial charge is 0.293 e. The van der Waals surface area contributed by atoms with Gasteiger partial charge in [-0.25, -0.2) is 26.5 Å². The Morgan fingerprint density at radius 1 is 1.24 bits per heavy atom. The summed E-state index contributed by atoms with van der Waals surface area (Å²) >= 11 is 0. The number of nitrogens with one attached hydrogen (secondary N) is 1. The number of rotatable bonds is 6. The van der Waals surface area contributed by atoms with Gasteiger partial charge in [-0.1, -0.05) is 0 Å². The van der Waals surface area contributed by atoms with E-state index in [4.69, 9.17) is 5.11 Å². The molecule has 0 unspecified atom stereocenters. The number of halogens is 4. The first kappa shape index (κ1) is 21.5. The lowest BCUT2D eigenvalue weighted by atomic mass is 9.86. The second kappa shape index (κ2) is 6.96. The maximum absolute atomic E-state index is 14.4. The number of alkyl halides is 2. The van der Waals surface area contributed by atoms with Crippen molar-refractivity contribution >= 4 is 16.7 Å². The summed E-state index contributed by atoms with van der Waals surface area (Å²) < 4.78 is 69.9. The van der Waals surface area contributed by atoms with Gasteiger partial charge in [0.15, 0.2) is 11.6 Å². The van der Waals surface area contributed by atoms with Crippen molar-refractivity contribution in [1.29, 1.82) is 0 Å². The van der Waals surface area contributed by atoms with Crippen molar-refractivity contribution in [1.82, 2.24) is 4.72 Å². The molecular weight excluding hydrogens is 368 g/mol. The number of benzene rings is 1. The molecule has 0 bridgehead atoms. The van der Waals surface area contributed by atoms with Gasteiger partial charge in [-0.05, 0) is 27.7 Å². The van der Waals surface area contributed by atoms with Gasteiger partial charge < -0.3 is 5.11 Å². The summed E-state index contributed by atoms with van der Waals surface area (Å²) in [6.07, 6.45) is 0. The van der Waals surface area contributed by atoms with Crippen molar-refractivity contribution in [2.24, 2.45) is 0 Å². The maximum atomic E-state index is 14.4. The summed E-state index contributed by atoms with van der Waals surface area (Å²) in [5, 5.41) is 19.8. The van der Waals surface area contributed by atoms with E-state index >= 15 is 0 Å². The number of non-ortho nitro benzene ring substituents is 1. The number of nitro benzene ring substituents is 1. The second-order valence-corrected chi connectivity index (χ2v) is 8.48. The van der Waals surface area contributed by atoms with Crippen molar-refractivity contribution in [2.45, 2.75) is 43.9 Å². The van der Waals surface area contributed by atoms with Crippen LogP contribution in [0.15, 0.2) is 12.1 Å². The van der Waals surface area contributed by atoms with Crippen molar-refractivity contribution in [3.8, 4) is 0 Å². The molecule has 0 saturated heterocycles. The Balaban J connectivity index is 3.70. The van der Waals surface area contributed by atoms with E-state index in [0.717, 1.165) is 0 Å². The van der Waals surface area contributed by atoms with Gasteiger partial charge >= 0.3 is 0 Å². The highest BCUT2D eigenvalue weighted by atomic mass is 32.2. The largest absolute Gasteiger partial charge is 0.390 e. The van der Waals surface area contributed by atoms with Crippen LogP contribution in [-0.4, -0.2) is 31.5 Å². The molecule has 11 heteroatoms. The molecule has 0 amide bonds. The molecule has 2 atom stereocenters. The van der Waals surface area contributed by atoms with Crippen molar-refractivity contribution in [3.63, 3.8) is 0 Å². The lowest BCUT2D eigenvalue weighted by molar-refractivity contribution is -0.385. The third-order valence-electron chi connectivity index (χ3n) is 3.55. The Bertz CT molecular complexity index is 709. The summed E-state index contributed by atoms with van der Waals surface area (Å²) in [6.45, 7) is 3.23. The van der Waals surface area contributed by atoms with Crippen LogP contribution in [0, 0.1) is 21.7 Å². The molecule has 2 N–H and O–H groups in total. The predicted molar refractivity (Wildman–Crippen MR) is 83.4 cm³/mol. The van der Waals surface area contributed by atoms with Gasteiger partial charge in [-0.15, -0.1) is 0 Å². The minimum Gasteiger partial charge on any atom is -0.390 e. The van der Waals surface area contributed by atoms with E-state index in [1.54, 1.807) is 0 Å². The van der Waals surface area contributed by atoms with Crippen LogP contribution >= 0.6 is 0 Å². The maximum Gasteiger partial charge on any atom is 0.293 e. The molecule has 0 aliphatic rings. The monoisotopic (exact) mass is 386 g/mol. The number of hydrogen-bond donors (Lipinski definition) is 2.